The summed E-state index contributed by atoms with van der Waals surface area (Å²) in [6.07, 6.45) is 0.0669. The van der Waals surface area contributed by atoms with Gasteiger partial charge in [-0.05, 0) is 69.9 Å². The Labute approximate surface area is 256 Å². The van der Waals surface area contributed by atoms with E-state index in [1.165, 1.54) is 6.07 Å². The lowest BCUT2D eigenvalue weighted by Gasteiger charge is -2.36. The Morgan fingerprint density at radius 3 is 2.02 bits per heavy atom. The lowest BCUT2D eigenvalue weighted by molar-refractivity contribution is -0.134. The Balaban J connectivity index is 1.20. The second-order valence-electron chi connectivity index (χ2n) is 10.9. The van der Waals surface area contributed by atoms with Gasteiger partial charge >= 0.3 is 0 Å². The highest BCUT2D eigenvalue weighted by Crippen LogP contribution is 2.21. The second kappa shape index (κ2) is 12.3. The van der Waals surface area contributed by atoms with Gasteiger partial charge in [0.2, 0.25) is 15.9 Å². The van der Waals surface area contributed by atoms with Gasteiger partial charge in [0.05, 0.1) is 16.5 Å². The second-order valence-corrected chi connectivity index (χ2v) is 12.6. The van der Waals surface area contributed by atoms with Crippen LogP contribution in [0.4, 0.5) is 0 Å². The minimum absolute atomic E-state index is 0.0607. The quantitative estimate of drug-likeness (QED) is 0.289. The molecule has 1 heterocycles. The molecule has 0 aliphatic carbocycles. The van der Waals surface area contributed by atoms with Crippen LogP contribution in [0.3, 0.4) is 0 Å². The lowest BCUT2D eigenvalue weighted by Crippen LogP contribution is -2.56. The van der Waals surface area contributed by atoms with Crippen LogP contribution in [0.5, 0.6) is 0 Å². The number of amides is 2. The molecule has 6 rings (SSSR count). The maximum absolute atomic E-state index is 13.9. The van der Waals surface area contributed by atoms with E-state index in [4.69, 9.17) is 0 Å². The number of benzene rings is 5. The number of fused-ring (bicyclic) bond motifs is 2. The fourth-order valence-corrected chi connectivity index (χ4v) is 6.85. The Bertz CT molecular complexity index is 2030. The first-order valence-electron chi connectivity index (χ1n) is 14.4. The molecule has 44 heavy (non-hydrogen) atoms. The Morgan fingerprint density at radius 1 is 0.727 bits per heavy atom. The van der Waals surface area contributed by atoms with Gasteiger partial charge in [-0.1, -0.05) is 72.8 Å². The highest BCUT2D eigenvalue weighted by Gasteiger charge is 2.32. The summed E-state index contributed by atoms with van der Waals surface area (Å²) < 4.78 is 29.8. The zero-order valence-electron chi connectivity index (χ0n) is 23.9. The van der Waals surface area contributed by atoms with E-state index in [1.807, 2.05) is 66.7 Å². The molecule has 9 heteroatoms. The average Bonchev–Trinajstić information content (AvgIpc) is 3.07. The predicted octanol–water partition coefficient (Wildman–Crippen LogP) is 4.74. The SMILES string of the molecule is N#Cc1cccc(CC(NS(=O)(=O)c2ccc3ccccc3c2)C(=O)N2CCN(C(=O)c3ccc4ccccc4c3)CC2)c1. The summed E-state index contributed by atoms with van der Waals surface area (Å²) in [7, 11) is -4.08. The molecule has 8 nitrogen and oxygen atoms in total. The molecular formula is C35H30N4O4S. The molecular weight excluding hydrogens is 572 g/mol. The van der Waals surface area contributed by atoms with Gasteiger partial charge in [-0.15, -0.1) is 0 Å². The third-order valence-corrected chi connectivity index (χ3v) is 9.47. The molecule has 5 aromatic rings. The number of rotatable bonds is 7. The van der Waals surface area contributed by atoms with E-state index >= 15 is 0 Å². The van der Waals surface area contributed by atoms with Crippen molar-refractivity contribution in [2.24, 2.45) is 0 Å². The highest BCUT2D eigenvalue weighted by molar-refractivity contribution is 7.89. The summed E-state index contributed by atoms with van der Waals surface area (Å²) in [4.78, 5) is 30.6. The smallest absolute Gasteiger partial charge is 0.253 e. The summed E-state index contributed by atoms with van der Waals surface area (Å²) in [5.41, 5.74) is 1.67. The summed E-state index contributed by atoms with van der Waals surface area (Å²) in [6, 6.07) is 33.6. The minimum Gasteiger partial charge on any atom is -0.338 e. The van der Waals surface area contributed by atoms with Crippen LogP contribution in [0.15, 0.2) is 114 Å². The fourth-order valence-electron chi connectivity index (χ4n) is 5.63. The third kappa shape index (κ3) is 6.18. The Hall–Kier alpha value is -5.04. The van der Waals surface area contributed by atoms with Crippen molar-refractivity contribution in [3.63, 3.8) is 0 Å². The van der Waals surface area contributed by atoms with Gasteiger partial charge in [0.25, 0.3) is 5.91 Å². The molecule has 1 unspecified atom stereocenters. The van der Waals surface area contributed by atoms with E-state index in [0.717, 1.165) is 21.5 Å². The van der Waals surface area contributed by atoms with Gasteiger partial charge < -0.3 is 9.80 Å². The molecule has 0 spiro atoms. The largest absolute Gasteiger partial charge is 0.338 e. The van der Waals surface area contributed by atoms with E-state index < -0.39 is 16.1 Å². The molecule has 2 amide bonds. The normalized spacial score (nSPS) is 14.3. The summed E-state index contributed by atoms with van der Waals surface area (Å²) in [6.45, 7) is 1.19. The Kier molecular flexibility index (Phi) is 8.11. The molecule has 0 bridgehead atoms. The zero-order valence-corrected chi connectivity index (χ0v) is 24.7. The number of hydrogen-bond donors (Lipinski definition) is 1. The van der Waals surface area contributed by atoms with E-state index in [-0.39, 0.29) is 36.2 Å². The maximum atomic E-state index is 13.9. The number of carbonyl (C=O) groups is 2. The standard InChI is InChI=1S/C35H30N4O4S/c36-24-26-7-5-6-25(20-26)21-33(37-44(42,43)32-15-14-28-9-2-4-11-30(28)23-32)35(41)39-18-16-38(17-19-39)34(40)31-13-12-27-8-1-3-10-29(27)22-31/h1-15,20,22-23,33,37H,16-19,21H2. The van der Waals surface area contributed by atoms with Crippen LogP contribution >= 0.6 is 0 Å². The minimum atomic E-state index is -4.08. The van der Waals surface area contributed by atoms with Gasteiger partial charge in [-0.3, -0.25) is 9.59 Å². The van der Waals surface area contributed by atoms with Crippen molar-refractivity contribution >= 4 is 43.4 Å². The van der Waals surface area contributed by atoms with Crippen LogP contribution in [0, 0.1) is 11.3 Å². The molecule has 1 saturated heterocycles. The van der Waals surface area contributed by atoms with Crippen LogP contribution in [-0.4, -0.2) is 62.3 Å². The lowest BCUT2D eigenvalue weighted by atomic mass is 10.0. The molecule has 0 radical (unpaired) electrons. The van der Waals surface area contributed by atoms with Crippen LogP contribution in [0.2, 0.25) is 0 Å². The fraction of sp³-hybridized carbons (Fsp3) is 0.171. The predicted molar refractivity (Wildman–Crippen MR) is 169 cm³/mol. The summed E-state index contributed by atoms with van der Waals surface area (Å²) >= 11 is 0. The monoisotopic (exact) mass is 602 g/mol. The van der Waals surface area contributed by atoms with Crippen LogP contribution in [0.1, 0.15) is 21.5 Å². The zero-order chi connectivity index (χ0) is 30.7. The van der Waals surface area contributed by atoms with Crippen LogP contribution < -0.4 is 4.72 Å². The van der Waals surface area contributed by atoms with Crippen molar-refractivity contribution in [1.82, 2.24) is 14.5 Å². The first-order valence-corrected chi connectivity index (χ1v) is 15.9. The number of nitrogens with one attached hydrogen (secondary N) is 1. The van der Waals surface area contributed by atoms with E-state index in [2.05, 4.69) is 10.8 Å². The van der Waals surface area contributed by atoms with Gasteiger partial charge in [-0.2, -0.15) is 9.98 Å². The summed E-state index contributed by atoms with van der Waals surface area (Å²) in [5.74, 6) is -0.487. The maximum Gasteiger partial charge on any atom is 0.253 e. The van der Waals surface area contributed by atoms with Gasteiger partial charge in [0.15, 0.2) is 0 Å². The molecule has 1 aliphatic heterocycles. The number of nitriles is 1. The van der Waals surface area contributed by atoms with Gasteiger partial charge in [0, 0.05) is 31.7 Å². The van der Waals surface area contributed by atoms with E-state index in [9.17, 15) is 23.3 Å². The number of sulfonamides is 1. The van der Waals surface area contributed by atoms with Crippen molar-refractivity contribution in [2.45, 2.75) is 17.4 Å². The molecule has 1 aliphatic rings. The first kappa shape index (κ1) is 29.1. The molecule has 1 atom stereocenters. The number of hydrogen-bond acceptors (Lipinski definition) is 5. The molecule has 1 N–H and O–H groups in total. The molecule has 1 fully saturated rings. The molecule has 0 saturated carbocycles. The Morgan fingerprint density at radius 2 is 1.34 bits per heavy atom. The average molecular weight is 603 g/mol. The molecule has 0 aromatic heterocycles. The van der Waals surface area contributed by atoms with Crippen molar-refractivity contribution < 1.29 is 18.0 Å². The van der Waals surface area contributed by atoms with Gasteiger partial charge in [0.1, 0.15) is 6.04 Å². The van der Waals surface area contributed by atoms with Crippen LogP contribution in [-0.2, 0) is 21.2 Å². The van der Waals surface area contributed by atoms with E-state index in [1.54, 1.807) is 46.2 Å². The van der Waals surface area contributed by atoms with Gasteiger partial charge in [-0.25, -0.2) is 8.42 Å². The third-order valence-electron chi connectivity index (χ3n) is 8.00. The number of carbonyl (C=O) groups excluding carboxylic acids is 2. The van der Waals surface area contributed by atoms with Crippen molar-refractivity contribution in [1.29, 1.82) is 5.26 Å². The molecule has 5 aromatic carbocycles. The van der Waals surface area contributed by atoms with Crippen LogP contribution in [0.25, 0.3) is 21.5 Å². The number of piperazine rings is 1. The van der Waals surface area contributed by atoms with Crippen molar-refractivity contribution in [3.8, 4) is 6.07 Å². The van der Waals surface area contributed by atoms with Crippen molar-refractivity contribution in [3.05, 3.63) is 126 Å². The first-order chi connectivity index (χ1) is 21.3. The molecule has 220 valence electrons. The highest BCUT2D eigenvalue weighted by atomic mass is 32.2. The van der Waals surface area contributed by atoms with E-state index in [0.29, 0.717) is 29.8 Å². The topological polar surface area (TPSA) is 111 Å². The van der Waals surface area contributed by atoms with Crippen molar-refractivity contribution in [2.75, 3.05) is 26.2 Å². The summed E-state index contributed by atoms with van der Waals surface area (Å²) in [5, 5.41) is 13.1. The number of nitrogens with zero attached hydrogens (tertiary/aromatic N) is 3.